The van der Waals surface area contributed by atoms with Crippen molar-refractivity contribution in [2.75, 3.05) is 12.3 Å². The first-order valence-corrected chi connectivity index (χ1v) is 11.3. The molecule has 1 N–H and O–H groups in total. The molecule has 29 heavy (non-hydrogen) atoms. The lowest BCUT2D eigenvalue weighted by atomic mass is 10.0. The summed E-state index contributed by atoms with van der Waals surface area (Å²) in [6, 6.07) is 16.8. The summed E-state index contributed by atoms with van der Waals surface area (Å²) in [5.41, 5.74) is 3.35. The van der Waals surface area contributed by atoms with E-state index in [1.165, 1.54) is 28.9 Å². The fourth-order valence-electron chi connectivity index (χ4n) is 3.60. The molecule has 1 aliphatic carbocycles. The second kappa shape index (κ2) is 9.36. The number of thioether (sulfide) groups is 1. The van der Waals surface area contributed by atoms with Crippen molar-refractivity contribution < 1.29 is 9.21 Å². The van der Waals surface area contributed by atoms with E-state index in [9.17, 15) is 4.79 Å². The van der Waals surface area contributed by atoms with Crippen molar-refractivity contribution in [2.45, 2.75) is 37.0 Å². The lowest BCUT2D eigenvalue weighted by Gasteiger charge is -2.07. The molecular formula is C25H27NO2S. The van der Waals surface area contributed by atoms with Gasteiger partial charge < -0.3 is 9.73 Å². The highest BCUT2D eigenvalue weighted by atomic mass is 32.2. The summed E-state index contributed by atoms with van der Waals surface area (Å²) in [6.45, 7) is 4.45. The largest absolute Gasteiger partial charge is 0.460 e. The molecule has 1 aliphatic rings. The highest BCUT2D eigenvalue weighted by Crippen LogP contribution is 2.33. The van der Waals surface area contributed by atoms with Crippen LogP contribution in [0.2, 0.25) is 0 Å². The summed E-state index contributed by atoms with van der Waals surface area (Å²) in [7, 11) is 0. The monoisotopic (exact) mass is 405 g/mol. The van der Waals surface area contributed by atoms with Gasteiger partial charge in [-0.3, -0.25) is 4.79 Å². The Bertz CT molecular complexity index is 989. The average Bonchev–Trinajstić information content (AvgIpc) is 3.48. The number of furan rings is 1. The number of rotatable bonds is 10. The Balaban J connectivity index is 1.56. The molecule has 1 heterocycles. The van der Waals surface area contributed by atoms with Crippen molar-refractivity contribution in [1.29, 1.82) is 0 Å². The third kappa shape index (κ3) is 5.33. The van der Waals surface area contributed by atoms with Crippen LogP contribution in [0, 0.1) is 5.92 Å². The fraction of sp³-hybridized carbons (Fsp3) is 0.320. The van der Waals surface area contributed by atoms with Crippen molar-refractivity contribution in [3.05, 3.63) is 78.1 Å². The van der Waals surface area contributed by atoms with Gasteiger partial charge in [0.25, 0.3) is 0 Å². The molecule has 1 saturated carbocycles. The summed E-state index contributed by atoms with van der Waals surface area (Å²) in [5, 5.41) is 4.25. The first kappa shape index (κ1) is 19.8. The number of benzene rings is 2. The molecule has 1 amide bonds. The van der Waals surface area contributed by atoms with Gasteiger partial charge in [-0.25, -0.2) is 0 Å². The van der Waals surface area contributed by atoms with Crippen molar-refractivity contribution in [3.63, 3.8) is 0 Å². The Morgan fingerprint density at radius 1 is 1.21 bits per heavy atom. The Labute approximate surface area is 176 Å². The second-order valence-electron chi connectivity index (χ2n) is 7.67. The normalized spacial score (nSPS) is 13.5. The quantitative estimate of drug-likeness (QED) is 0.344. The molecule has 0 radical (unpaired) electrons. The van der Waals surface area contributed by atoms with Crippen LogP contribution in [-0.2, 0) is 17.6 Å². The number of hydrogen-bond acceptors (Lipinski definition) is 3. The van der Waals surface area contributed by atoms with Gasteiger partial charge in [-0.1, -0.05) is 36.4 Å². The molecule has 0 atom stereocenters. The number of nitrogens with one attached hydrogen (secondary N) is 1. The molecule has 1 fully saturated rings. The van der Waals surface area contributed by atoms with Crippen LogP contribution >= 0.6 is 11.8 Å². The molecule has 3 nitrogen and oxygen atoms in total. The van der Waals surface area contributed by atoms with E-state index in [0.29, 0.717) is 18.9 Å². The molecule has 0 unspecified atom stereocenters. The van der Waals surface area contributed by atoms with Gasteiger partial charge in [0.2, 0.25) is 5.91 Å². The van der Waals surface area contributed by atoms with Crippen molar-refractivity contribution in [3.8, 4) is 0 Å². The maximum Gasteiger partial charge on any atom is 0.220 e. The predicted molar refractivity (Wildman–Crippen MR) is 120 cm³/mol. The molecule has 4 rings (SSSR count). The van der Waals surface area contributed by atoms with Crippen LogP contribution in [-0.4, -0.2) is 18.2 Å². The Hall–Kier alpha value is -2.46. The van der Waals surface area contributed by atoms with E-state index in [-0.39, 0.29) is 5.91 Å². The Morgan fingerprint density at radius 2 is 2.03 bits per heavy atom. The van der Waals surface area contributed by atoms with Crippen LogP contribution in [0.1, 0.15) is 36.1 Å². The van der Waals surface area contributed by atoms with E-state index >= 15 is 0 Å². The molecule has 1 aromatic heterocycles. The lowest BCUT2D eigenvalue weighted by Crippen LogP contribution is -2.25. The average molecular weight is 406 g/mol. The van der Waals surface area contributed by atoms with E-state index < -0.39 is 0 Å². The first-order chi connectivity index (χ1) is 14.2. The zero-order chi connectivity index (χ0) is 20.1. The van der Waals surface area contributed by atoms with Crippen LogP contribution in [0.5, 0.6) is 0 Å². The number of fused-ring (bicyclic) bond motifs is 1. The molecule has 4 heteroatoms. The Kier molecular flexibility index (Phi) is 6.40. The van der Waals surface area contributed by atoms with Gasteiger partial charge in [0.15, 0.2) is 0 Å². The van der Waals surface area contributed by atoms with E-state index in [0.717, 1.165) is 35.3 Å². The van der Waals surface area contributed by atoms with Gasteiger partial charge in [-0.05, 0) is 48.9 Å². The third-order valence-electron chi connectivity index (χ3n) is 5.29. The summed E-state index contributed by atoms with van der Waals surface area (Å²) in [5.74, 6) is 2.66. The molecule has 3 aromatic rings. The maximum absolute atomic E-state index is 12.1. The third-order valence-corrected chi connectivity index (χ3v) is 6.28. The van der Waals surface area contributed by atoms with Gasteiger partial charge in [0.05, 0.1) is 0 Å². The maximum atomic E-state index is 12.1. The minimum Gasteiger partial charge on any atom is -0.460 e. The predicted octanol–water partition coefficient (Wildman–Crippen LogP) is 5.76. The van der Waals surface area contributed by atoms with Crippen LogP contribution in [0.25, 0.3) is 11.0 Å². The zero-order valence-corrected chi connectivity index (χ0v) is 17.5. The number of hydrogen-bond donors (Lipinski definition) is 1. The van der Waals surface area contributed by atoms with E-state index in [4.69, 9.17) is 4.42 Å². The minimum atomic E-state index is 0.173. The van der Waals surface area contributed by atoms with Gasteiger partial charge in [-0.15, -0.1) is 18.3 Å². The number of carbonyl (C=O) groups excluding carboxylic acids is 1. The summed E-state index contributed by atoms with van der Waals surface area (Å²) in [6.07, 6.45) is 6.53. The Morgan fingerprint density at radius 3 is 2.79 bits per heavy atom. The molecule has 2 aromatic carbocycles. The SMILES string of the molecule is C=CCSc1ccc2oc(Cc3ccccc3)c(CCNC(=O)CC3CC3)c2c1. The van der Waals surface area contributed by atoms with E-state index in [1.807, 2.05) is 12.1 Å². The van der Waals surface area contributed by atoms with Crippen LogP contribution in [0.3, 0.4) is 0 Å². The second-order valence-corrected chi connectivity index (χ2v) is 8.76. The highest BCUT2D eigenvalue weighted by molar-refractivity contribution is 7.99. The van der Waals surface area contributed by atoms with Crippen molar-refractivity contribution >= 4 is 28.6 Å². The molecular weight excluding hydrogens is 378 g/mol. The molecule has 0 bridgehead atoms. The summed E-state index contributed by atoms with van der Waals surface area (Å²) >= 11 is 1.77. The fourth-order valence-corrected chi connectivity index (χ4v) is 4.28. The van der Waals surface area contributed by atoms with Crippen molar-refractivity contribution in [1.82, 2.24) is 5.32 Å². The molecule has 0 spiro atoms. The van der Waals surface area contributed by atoms with Gasteiger partial charge in [-0.2, -0.15) is 0 Å². The van der Waals surface area contributed by atoms with Crippen LogP contribution in [0.15, 0.2) is 70.5 Å². The van der Waals surface area contributed by atoms with Gasteiger partial charge >= 0.3 is 0 Å². The smallest absolute Gasteiger partial charge is 0.220 e. The summed E-state index contributed by atoms with van der Waals surface area (Å²) < 4.78 is 6.25. The zero-order valence-electron chi connectivity index (χ0n) is 16.7. The van der Waals surface area contributed by atoms with Gasteiger partial charge in [0, 0.05) is 41.0 Å². The topological polar surface area (TPSA) is 42.2 Å². The first-order valence-electron chi connectivity index (χ1n) is 10.3. The molecule has 0 saturated heterocycles. The minimum absolute atomic E-state index is 0.173. The lowest BCUT2D eigenvalue weighted by molar-refractivity contribution is -0.121. The van der Waals surface area contributed by atoms with Gasteiger partial charge in [0.1, 0.15) is 11.3 Å². The summed E-state index contributed by atoms with van der Waals surface area (Å²) in [4.78, 5) is 13.3. The van der Waals surface area contributed by atoms with E-state index in [2.05, 4.69) is 54.4 Å². The standard InChI is InChI=1S/C25H27NO2S/c1-2-14-29-20-10-11-23-22(17-20)21(12-13-26-25(27)16-19-8-9-19)24(28-23)15-18-6-4-3-5-7-18/h2-7,10-11,17,19H,1,8-9,12-16H2,(H,26,27). The molecule has 150 valence electrons. The van der Waals surface area contributed by atoms with Crippen molar-refractivity contribution in [2.24, 2.45) is 5.92 Å². The number of carbonyl (C=O) groups is 1. The van der Waals surface area contributed by atoms with Crippen LogP contribution < -0.4 is 5.32 Å². The molecule has 0 aliphatic heterocycles. The van der Waals surface area contributed by atoms with E-state index in [1.54, 1.807) is 11.8 Å². The highest BCUT2D eigenvalue weighted by Gasteiger charge is 2.24. The van der Waals surface area contributed by atoms with Crippen LogP contribution in [0.4, 0.5) is 0 Å². The number of amides is 1.